The molecule has 0 bridgehead atoms. The molecular formula is C13H14Br2ClN3O2. The Morgan fingerprint density at radius 3 is 2.81 bits per heavy atom. The number of aromatic nitrogens is 2. The van der Waals surface area contributed by atoms with Gasteiger partial charge in [0.1, 0.15) is 10.2 Å². The van der Waals surface area contributed by atoms with E-state index in [0.29, 0.717) is 33.5 Å². The highest BCUT2D eigenvalue weighted by molar-refractivity contribution is 9.13. The lowest BCUT2D eigenvalue weighted by molar-refractivity contribution is 0.313. The average molecular weight is 440 g/mol. The molecule has 5 nitrogen and oxygen atoms in total. The van der Waals surface area contributed by atoms with Gasteiger partial charge in [0.2, 0.25) is 0 Å². The summed E-state index contributed by atoms with van der Waals surface area (Å²) in [6.45, 7) is 1.13. The maximum Gasteiger partial charge on any atom is 0.286 e. The zero-order chi connectivity index (χ0) is 14.5. The topological polar surface area (TPSA) is 70.1 Å². The van der Waals surface area contributed by atoms with E-state index in [-0.39, 0.29) is 18.0 Å². The predicted octanol–water partition coefficient (Wildman–Crippen LogP) is 2.91. The molecule has 0 aliphatic heterocycles. The number of benzene rings is 1. The molecule has 1 aromatic heterocycles. The largest absolute Gasteiger partial charge is 0.493 e. The van der Waals surface area contributed by atoms with Gasteiger partial charge in [-0.1, -0.05) is 6.07 Å². The molecule has 0 saturated carbocycles. The van der Waals surface area contributed by atoms with Gasteiger partial charge < -0.3 is 10.5 Å². The van der Waals surface area contributed by atoms with E-state index >= 15 is 0 Å². The van der Waals surface area contributed by atoms with Crippen LogP contribution in [0, 0.1) is 0 Å². The van der Waals surface area contributed by atoms with Crippen LogP contribution in [0.25, 0.3) is 5.69 Å². The van der Waals surface area contributed by atoms with Gasteiger partial charge in [-0.05, 0) is 57.0 Å². The Hall–Kier alpha value is -0.890. The fourth-order valence-electron chi connectivity index (χ4n) is 1.57. The molecule has 0 radical (unpaired) electrons. The predicted molar refractivity (Wildman–Crippen MR) is 91.6 cm³/mol. The van der Waals surface area contributed by atoms with Crippen molar-refractivity contribution >= 4 is 44.3 Å². The lowest BCUT2D eigenvalue weighted by atomic mass is 10.3. The molecule has 0 saturated heterocycles. The summed E-state index contributed by atoms with van der Waals surface area (Å²) in [5, 5.41) is 4.10. The van der Waals surface area contributed by atoms with E-state index in [1.807, 2.05) is 12.1 Å². The molecule has 0 aliphatic rings. The number of halogens is 3. The third-order valence-corrected chi connectivity index (χ3v) is 4.46. The average Bonchev–Trinajstić information content (AvgIpc) is 2.46. The lowest BCUT2D eigenvalue weighted by Gasteiger charge is -2.09. The van der Waals surface area contributed by atoms with Crippen molar-refractivity contribution in [1.29, 1.82) is 0 Å². The van der Waals surface area contributed by atoms with E-state index in [4.69, 9.17) is 10.5 Å². The minimum atomic E-state index is -0.238. The highest BCUT2D eigenvalue weighted by Gasteiger charge is 2.08. The molecule has 21 heavy (non-hydrogen) atoms. The third-order valence-electron chi connectivity index (χ3n) is 2.56. The molecule has 2 rings (SSSR count). The van der Waals surface area contributed by atoms with Crippen molar-refractivity contribution in [3.63, 3.8) is 0 Å². The fourth-order valence-corrected chi connectivity index (χ4v) is 2.11. The standard InChI is InChI=1S/C13H13Br2N3O2.ClH/c14-11-8-17-18(13(19)12(11)15)9-3-1-4-10(7-9)20-6-2-5-16;/h1,3-4,7-8H,2,5-6,16H2;1H. The van der Waals surface area contributed by atoms with Crippen LogP contribution in [0.15, 0.2) is 44.2 Å². The summed E-state index contributed by atoms with van der Waals surface area (Å²) in [5.74, 6) is 0.684. The van der Waals surface area contributed by atoms with Gasteiger partial charge in [-0.2, -0.15) is 9.78 Å². The summed E-state index contributed by atoms with van der Waals surface area (Å²) < 4.78 is 7.92. The van der Waals surface area contributed by atoms with E-state index in [9.17, 15) is 4.79 Å². The Morgan fingerprint density at radius 1 is 1.33 bits per heavy atom. The molecule has 2 aromatic rings. The van der Waals surface area contributed by atoms with Crippen molar-refractivity contribution < 1.29 is 4.74 Å². The molecule has 1 aromatic carbocycles. The number of rotatable bonds is 5. The third kappa shape index (κ3) is 4.54. The molecule has 0 atom stereocenters. The Morgan fingerprint density at radius 2 is 2.10 bits per heavy atom. The molecule has 2 N–H and O–H groups in total. The fraction of sp³-hybridized carbons (Fsp3) is 0.231. The highest BCUT2D eigenvalue weighted by Crippen LogP contribution is 2.19. The maximum absolute atomic E-state index is 12.1. The summed E-state index contributed by atoms with van der Waals surface area (Å²) >= 11 is 6.48. The first-order valence-electron chi connectivity index (χ1n) is 6.00. The molecule has 0 spiro atoms. The van der Waals surface area contributed by atoms with E-state index in [0.717, 1.165) is 6.42 Å². The van der Waals surface area contributed by atoms with Gasteiger partial charge in [0.25, 0.3) is 5.56 Å². The maximum atomic E-state index is 12.1. The van der Waals surface area contributed by atoms with Gasteiger partial charge in [0, 0.05) is 6.07 Å². The van der Waals surface area contributed by atoms with Crippen LogP contribution in [0.1, 0.15) is 6.42 Å². The second-order valence-corrected chi connectivity index (χ2v) is 5.66. The van der Waals surface area contributed by atoms with Crippen LogP contribution in [-0.2, 0) is 0 Å². The Labute approximate surface area is 145 Å². The summed E-state index contributed by atoms with van der Waals surface area (Å²) in [5.41, 5.74) is 5.83. The minimum absolute atomic E-state index is 0. The smallest absolute Gasteiger partial charge is 0.286 e. The van der Waals surface area contributed by atoms with Crippen LogP contribution in [0.4, 0.5) is 0 Å². The van der Waals surface area contributed by atoms with E-state index in [1.165, 1.54) is 4.68 Å². The second-order valence-electron chi connectivity index (χ2n) is 4.01. The van der Waals surface area contributed by atoms with Crippen molar-refractivity contribution in [1.82, 2.24) is 9.78 Å². The van der Waals surface area contributed by atoms with Crippen molar-refractivity contribution in [3.8, 4) is 11.4 Å². The summed E-state index contributed by atoms with van der Waals surface area (Å²) in [6, 6.07) is 7.21. The van der Waals surface area contributed by atoms with Crippen molar-refractivity contribution in [2.45, 2.75) is 6.42 Å². The number of hydrogen-bond donors (Lipinski definition) is 1. The Balaban J connectivity index is 0.00000220. The molecule has 8 heteroatoms. The molecule has 114 valence electrons. The molecule has 0 amide bonds. The first kappa shape index (κ1) is 18.2. The molecular weight excluding hydrogens is 425 g/mol. The summed E-state index contributed by atoms with van der Waals surface area (Å²) in [7, 11) is 0. The van der Waals surface area contributed by atoms with Crippen LogP contribution < -0.4 is 16.0 Å². The normalized spacial score (nSPS) is 10.0. The highest BCUT2D eigenvalue weighted by atomic mass is 79.9. The first-order chi connectivity index (χ1) is 9.63. The number of hydrogen-bond acceptors (Lipinski definition) is 4. The molecule has 1 heterocycles. The molecule has 0 aliphatic carbocycles. The Kier molecular flexibility index (Phi) is 7.37. The Bertz CT molecular complexity index is 664. The van der Waals surface area contributed by atoms with Crippen molar-refractivity contribution in [2.75, 3.05) is 13.2 Å². The van der Waals surface area contributed by atoms with E-state index in [1.54, 1.807) is 18.3 Å². The van der Waals surface area contributed by atoms with Gasteiger partial charge in [-0.15, -0.1) is 12.4 Å². The van der Waals surface area contributed by atoms with Crippen molar-refractivity contribution in [3.05, 3.63) is 49.8 Å². The summed E-state index contributed by atoms with van der Waals surface area (Å²) in [6.07, 6.45) is 2.35. The second kappa shape index (κ2) is 8.53. The first-order valence-corrected chi connectivity index (χ1v) is 7.58. The van der Waals surface area contributed by atoms with Gasteiger partial charge in [-0.3, -0.25) is 4.79 Å². The minimum Gasteiger partial charge on any atom is -0.493 e. The van der Waals surface area contributed by atoms with Crippen LogP contribution in [0.2, 0.25) is 0 Å². The SMILES string of the molecule is Cl.NCCCOc1cccc(-n2ncc(Br)c(Br)c2=O)c1. The van der Waals surface area contributed by atoms with Gasteiger partial charge in [0.15, 0.2) is 0 Å². The van der Waals surface area contributed by atoms with Crippen molar-refractivity contribution in [2.24, 2.45) is 5.73 Å². The number of ether oxygens (including phenoxy) is 1. The van der Waals surface area contributed by atoms with E-state index in [2.05, 4.69) is 37.0 Å². The van der Waals surface area contributed by atoms with Gasteiger partial charge in [0.05, 0.1) is 23.0 Å². The number of nitrogens with zero attached hydrogens (tertiary/aromatic N) is 2. The molecule has 0 fully saturated rings. The van der Waals surface area contributed by atoms with Gasteiger partial charge in [-0.25, -0.2) is 0 Å². The monoisotopic (exact) mass is 437 g/mol. The van der Waals surface area contributed by atoms with Crippen LogP contribution in [0.5, 0.6) is 5.75 Å². The number of nitrogens with two attached hydrogens (primary N) is 1. The van der Waals surface area contributed by atoms with Crippen LogP contribution >= 0.6 is 44.3 Å². The van der Waals surface area contributed by atoms with Gasteiger partial charge >= 0.3 is 0 Å². The zero-order valence-electron chi connectivity index (χ0n) is 11.0. The quantitative estimate of drug-likeness (QED) is 0.728. The lowest BCUT2D eigenvalue weighted by Crippen LogP contribution is -2.21. The van der Waals surface area contributed by atoms with Crippen LogP contribution in [-0.4, -0.2) is 22.9 Å². The summed E-state index contributed by atoms with van der Waals surface area (Å²) in [4.78, 5) is 12.1. The van der Waals surface area contributed by atoms with E-state index < -0.39 is 0 Å². The van der Waals surface area contributed by atoms with Crippen LogP contribution in [0.3, 0.4) is 0 Å². The zero-order valence-corrected chi connectivity index (χ0v) is 14.9. The molecule has 0 unspecified atom stereocenters.